The van der Waals surface area contributed by atoms with Crippen LogP contribution in [0.3, 0.4) is 0 Å². The highest BCUT2D eigenvalue weighted by atomic mass is 19.1. The summed E-state index contributed by atoms with van der Waals surface area (Å²) in [6, 6.07) is 11.8. The van der Waals surface area contributed by atoms with Crippen LogP contribution in [-0.4, -0.2) is 28.1 Å². The number of carbonyl (C=O) groups is 2. The highest BCUT2D eigenvalue weighted by molar-refractivity contribution is 6.15. The normalized spacial score (nSPS) is 20.0. The summed E-state index contributed by atoms with van der Waals surface area (Å²) in [5, 5.41) is 7.25. The Morgan fingerprint density at radius 3 is 2.76 bits per heavy atom. The van der Waals surface area contributed by atoms with Crippen LogP contribution in [0, 0.1) is 12.7 Å². The first-order chi connectivity index (χ1) is 14.0. The van der Waals surface area contributed by atoms with E-state index in [1.54, 1.807) is 23.2 Å². The number of halogens is 1. The Bertz CT molecular complexity index is 1190. The summed E-state index contributed by atoms with van der Waals surface area (Å²) in [6.45, 7) is 4.39. The first-order valence-corrected chi connectivity index (χ1v) is 9.53. The minimum absolute atomic E-state index is 0.0145. The van der Waals surface area contributed by atoms with Crippen LogP contribution in [-0.2, 0) is 15.0 Å². The summed E-state index contributed by atoms with van der Waals surface area (Å²) >= 11 is 0. The van der Waals surface area contributed by atoms with Crippen LogP contribution >= 0.6 is 0 Å². The van der Waals surface area contributed by atoms with Crippen LogP contribution < -0.4 is 10.2 Å². The number of anilines is 2. The second kappa shape index (κ2) is 6.01. The third-order valence-electron chi connectivity index (χ3n) is 5.79. The number of aryl methyl sites for hydroxylation is 1. The molecule has 146 valence electrons. The molecule has 1 atom stereocenters. The molecule has 0 bridgehead atoms. The third kappa shape index (κ3) is 2.30. The highest BCUT2D eigenvalue weighted by Crippen LogP contribution is 2.52. The Balaban J connectivity index is 1.79. The summed E-state index contributed by atoms with van der Waals surface area (Å²) in [7, 11) is 0. The number of nitrogens with zero attached hydrogens (tertiary/aromatic N) is 3. The lowest BCUT2D eigenvalue weighted by Crippen LogP contribution is -2.46. The number of hydrogen-bond acceptors (Lipinski definition) is 3. The zero-order valence-electron chi connectivity index (χ0n) is 16.1. The number of aromatic nitrogens is 2. The Morgan fingerprint density at radius 1 is 1.17 bits per heavy atom. The summed E-state index contributed by atoms with van der Waals surface area (Å²) in [5.41, 5.74) is 2.64. The lowest BCUT2D eigenvalue weighted by molar-refractivity contribution is -0.126. The zero-order chi connectivity index (χ0) is 20.3. The van der Waals surface area contributed by atoms with E-state index < -0.39 is 11.2 Å². The van der Waals surface area contributed by atoms with E-state index in [2.05, 4.69) is 10.4 Å². The van der Waals surface area contributed by atoms with Gasteiger partial charge in [0.1, 0.15) is 17.1 Å². The van der Waals surface area contributed by atoms with E-state index in [4.69, 9.17) is 0 Å². The molecule has 6 nitrogen and oxygen atoms in total. The number of rotatable bonds is 2. The number of amides is 2. The van der Waals surface area contributed by atoms with Crippen LogP contribution in [0.5, 0.6) is 0 Å². The highest BCUT2D eigenvalue weighted by Gasteiger charge is 2.56. The van der Waals surface area contributed by atoms with E-state index in [-0.39, 0.29) is 18.2 Å². The Kier molecular flexibility index (Phi) is 3.65. The molecule has 0 saturated heterocycles. The van der Waals surface area contributed by atoms with Gasteiger partial charge in [-0.25, -0.2) is 9.07 Å². The summed E-state index contributed by atoms with van der Waals surface area (Å²) < 4.78 is 15.3. The van der Waals surface area contributed by atoms with Gasteiger partial charge in [0.25, 0.3) is 0 Å². The molecule has 3 heterocycles. The quantitative estimate of drug-likeness (QED) is 0.730. The van der Waals surface area contributed by atoms with Crippen LogP contribution in [0.1, 0.15) is 30.0 Å². The monoisotopic (exact) mass is 390 g/mol. The van der Waals surface area contributed by atoms with Gasteiger partial charge in [-0.1, -0.05) is 23.8 Å². The van der Waals surface area contributed by atoms with E-state index in [9.17, 15) is 14.0 Å². The van der Waals surface area contributed by atoms with Crippen molar-refractivity contribution < 1.29 is 14.0 Å². The van der Waals surface area contributed by atoms with E-state index in [0.29, 0.717) is 23.6 Å². The first kappa shape index (κ1) is 17.6. The minimum Gasteiger partial charge on any atom is -0.311 e. The number of hydrogen-bond donors (Lipinski definition) is 1. The Morgan fingerprint density at radius 2 is 2.00 bits per heavy atom. The molecule has 2 amide bonds. The van der Waals surface area contributed by atoms with Gasteiger partial charge in [0.15, 0.2) is 0 Å². The smallest absolute Gasteiger partial charge is 0.242 e. The van der Waals surface area contributed by atoms with Crippen LogP contribution in [0.4, 0.5) is 15.9 Å². The second-order valence-corrected chi connectivity index (χ2v) is 7.50. The molecule has 0 fully saturated rings. The largest absolute Gasteiger partial charge is 0.311 e. The van der Waals surface area contributed by atoms with Crippen LogP contribution in [0.25, 0.3) is 5.69 Å². The van der Waals surface area contributed by atoms with Gasteiger partial charge in [0, 0.05) is 24.2 Å². The number of nitrogens with one attached hydrogen (secondary N) is 1. The maximum absolute atomic E-state index is 13.8. The molecule has 3 aromatic rings. The molecule has 0 aliphatic carbocycles. The van der Waals surface area contributed by atoms with Crippen molar-refractivity contribution in [2.24, 2.45) is 0 Å². The number of carbonyl (C=O) groups excluding carboxylic acids is 2. The fraction of sp³-hybridized carbons (Fsp3) is 0.227. The van der Waals surface area contributed by atoms with Gasteiger partial charge < -0.3 is 10.2 Å². The molecule has 5 rings (SSSR count). The van der Waals surface area contributed by atoms with Crippen molar-refractivity contribution in [3.05, 3.63) is 71.2 Å². The Labute approximate surface area is 166 Å². The van der Waals surface area contributed by atoms with Gasteiger partial charge in [0.2, 0.25) is 11.8 Å². The van der Waals surface area contributed by atoms with Gasteiger partial charge in [-0.2, -0.15) is 5.10 Å². The average molecular weight is 390 g/mol. The van der Waals surface area contributed by atoms with E-state index >= 15 is 0 Å². The SMILES string of the molecule is CCN1C(=O)[C@@]2(CC(=O)Nc3c2cnn3-c2cccc(F)c2)c2cc(C)ccc21. The fourth-order valence-electron chi connectivity index (χ4n) is 4.52. The molecule has 0 radical (unpaired) electrons. The summed E-state index contributed by atoms with van der Waals surface area (Å²) in [6.07, 6.45) is 1.63. The average Bonchev–Trinajstić information content (AvgIpc) is 3.21. The third-order valence-corrected chi connectivity index (χ3v) is 5.79. The molecule has 0 unspecified atom stereocenters. The lowest BCUT2D eigenvalue weighted by atomic mass is 9.71. The van der Waals surface area contributed by atoms with Crippen molar-refractivity contribution in [1.82, 2.24) is 9.78 Å². The molecule has 1 N–H and O–H groups in total. The first-order valence-electron chi connectivity index (χ1n) is 9.53. The second-order valence-electron chi connectivity index (χ2n) is 7.50. The van der Waals surface area contributed by atoms with Crippen molar-refractivity contribution in [2.75, 3.05) is 16.8 Å². The van der Waals surface area contributed by atoms with Gasteiger partial charge in [0.05, 0.1) is 11.9 Å². The van der Waals surface area contributed by atoms with E-state index in [1.165, 1.54) is 16.8 Å². The van der Waals surface area contributed by atoms with E-state index in [0.717, 1.165) is 16.8 Å². The van der Waals surface area contributed by atoms with Crippen molar-refractivity contribution >= 4 is 23.3 Å². The summed E-state index contributed by atoms with van der Waals surface area (Å²) in [5.74, 6) is -0.394. The standard InChI is InChI=1S/C22H19FN4O2/c1-3-26-18-8-7-13(2)9-16(18)22(21(26)29)11-19(28)25-20-17(22)12-24-27(20)15-6-4-5-14(23)10-15/h4-10,12H,3,11H2,1-2H3,(H,25,28)/t22-/m0/s1. The van der Waals surface area contributed by atoms with E-state index in [1.807, 2.05) is 32.0 Å². The molecule has 1 spiro atoms. The number of likely N-dealkylation sites (N-methyl/N-ethyl adjacent to an activating group) is 1. The maximum Gasteiger partial charge on any atom is 0.242 e. The molecule has 2 aliphatic rings. The molecule has 29 heavy (non-hydrogen) atoms. The predicted molar refractivity (Wildman–Crippen MR) is 107 cm³/mol. The molecular formula is C22H19FN4O2. The molecule has 7 heteroatoms. The minimum atomic E-state index is -1.12. The molecule has 0 saturated carbocycles. The molecule has 2 aliphatic heterocycles. The van der Waals surface area contributed by atoms with Gasteiger partial charge in [-0.3, -0.25) is 9.59 Å². The van der Waals surface area contributed by atoms with Crippen molar-refractivity contribution in [1.29, 1.82) is 0 Å². The van der Waals surface area contributed by atoms with Crippen molar-refractivity contribution in [2.45, 2.75) is 25.7 Å². The van der Waals surface area contributed by atoms with Crippen LogP contribution in [0.15, 0.2) is 48.7 Å². The van der Waals surface area contributed by atoms with Gasteiger partial charge in [-0.15, -0.1) is 0 Å². The van der Waals surface area contributed by atoms with Gasteiger partial charge >= 0.3 is 0 Å². The molecule has 1 aromatic heterocycles. The number of fused-ring (bicyclic) bond motifs is 4. The lowest BCUT2D eigenvalue weighted by Gasteiger charge is -2.32. The molecular weight excluding hydrogens is 371 g/mol. The predicted octanol–water partition coefficient (Wildman–Crippen LogP) is 3.31. The zero-order valence-corrected chi connectivity index (χ0v) is 16.1. The molecule has 2 aromatic carbocycles. The summed E-state index contributed by atoms with van der Waals surface area (Å²) in [4.78, 5) is 28.1. The van der Waals surface area contributed by atoms with Gasteiger partial charge in [-0.05, 0) is 43.7 Å². The van der Waals surface area contributed by atoms with Crippen molar-refractivity contribution in [3.63, 3.8) is 0 Å². The fourth-order valence-corrected chi connectivity index (χ4v) is 4.52. The maximum atomic E-state index is 13.8. The Hall–Kier alpha value is -3.48. The van der Waals surface area contributed by atoms with Crippen LogP contribution in [0.2, 0.25) is 0 Å². The number of benzene rings is 2. The van der Waals surface area contributed by atoms with Crippen molar-refractivity contribution in [3.8, 4) is 5.69 Å². The topological polar surface area (TPSA) is 67.2 Å².